The topological polar surface area (TPSA) is 58.2 Å². The Morgan fingerprint density at radius 3 is 2.38 bits per heavy atom. The van der Waals surface area contributed by atoms with Gasteiger partial charge in [-0.15, -0.1) is 0 Å². The van der Waals surface area contributed by atoms with Gasteiger partial charge in [0.05, 0.1) is 10.7 Å². The van der Waals surface area contributed by atoms with Crippen LogP contribution in [0.25, 0.3) is 0 Å². The van der Waals surface area contributed by atoms with Gasteiger partial charge in [0.2, 0.25) is 5.91 Å². The summed E-state index contributed by atoms with van der Waals surface area (Å²) in [6.07, 6.45) is 0.245. The molecule has 3 aromatic carbocycles. The highest BCUT2D eigenvalue weighted by Crippen LogP contribution is 2.28. The molecule has 8 heteroatoms. The molecule has 4 nitrogen and oxygen atoms in total. The number of anilines is 3. The molecule has 32 heavy (non-hydrogen) atoms. The summed E-state index contributed by atoms with van der Waals surface area (Å²) in [5.41, 5.74) is 2.40. The molecule has 2 N–H and O–H groups in total. The van der Waals surface area contributed by atoms with E-state index in [9.17, 15) is 18.4 Å². The van der Waals surface area contributed by atoms with Gasteiger partial charge in [0.15, 0.2) is 5.78 Å². The number of rotatable bonds is 7. The van der Waals surface area contributed by atoms with E-state index in [1.54, 1.807) is 31.2 Å². The third kappa shape index (κ3) is 5.87. The van der Waals surface area contributed by atoms with Gasteiger partial charge in [-0.05, 0) is 55.0 Å². The highest BCUT2D eigenvalue weighted by atomic mass is 35.5. The molecule has 166 valence electrons. The number of halogens is 3. The molecule has 3 rings (SSSR count). The quantitative estimate of drug-likeness (QED) is 0.269. The van der Waals surface area contributed by atoms with E-state index in [2.05, 4.69) is 23.3 Å². The van der Waals surface area contributed by atoms with Crippen LogP contribution in [0.15, 0.2) is 54.6 Å². The molecule has 0 fully saturated rings. The second-order valence-corrected chi connectivity index (χ2v) is 8.69. The first kappa shape index (κ1) is 23.8. The third-order valence-electron chi connectivity index (χ3n) is 4.67. The van der Waals surface area contributed by atoms with Crippen LogP contribution in [0.2, 0.25) is 5.02 Å². The van der Waals surface area contributed by atoms with Gasteiger partial charge in [-0.2, -0.15) is 12.6 Å². The number of hydrogen-bond acceptors (Lipinski definition) is 4. The van der Waals surface area contributed by atoms with E-state index in [0.29, 0.717) is 16.9 Å². The summed E-state index contributed by atoms with van der Waals surface area (Å²) in [5, 5.41) is 5.65. The highest BCUT2D eigenvalue weighted by Gasteiger charge is 2.17. The van der Waals surface area contributed by atoms with Crippen molar-refractivity contribution in [1.29, 1.82) is 0 Å². The Balaban J connectivity index is 1.83. The van der Waals surface area contributed by atoms with E-state index < -0.39 is 11.6 Å². The number of hydrogen-bond donors (Lipinski definition) is 3. The molecule has 0 aliphatic rings. The average Bonchev–Trinajstić information content (AvgIpc) is 2.70. The standard InChI is InChI=1S/C24H21ClF2N2O2S/c1-13-3-5-16(29-23(30)9-14(2)32)11-19(13)24(31)18-7-6-17(12-20(18)25)28-22-8-4-15(26)10-21(22)27/h3-8,10-12,14,28,32H,9H2,1-2H3,(H,29,30). The summed E-state index contributed by atoms with van der Waals surface area (Å²) in [5.74, 6) is -1.94. The van der Waals surface area contributed by atoms with Crippen molar-refractivity contribution in [2.24, 2.45) is 0 Å². The number of carbonyl (C=O) groups is 2. The van der Waals surface area contributed by atoms with Crippen LogP contribution < -0.4 is 10.6 Å². The van der Waals surface area contributed by atoms with E-state index in [4.69, 9.17) is 11.6 Å². The summed E-state index contributed by atoms with van der Waals surface area (Å²) in [6, 6.07) is 12.9. The number of benzene rings is 3. The maximum absolute atomic E-state index is 13.9. The monoisotopic (exact) mass is 474 g/mol. The fourth-order valence-corrected chi connectivity index (χ4v) is 3.53. The summed E-state index contributed by atoms with van der Waals surface area (Å²) in [6.45, 7) is 3.60. The van der Waals surface area contributed by atoms with E-state index >= 15 is 0 Å². The molecule has 0 radical (unpaired) electrons. The van der Waals surface area contributed by atoms with E-state index in [-0.39, 0.29) is 39.6 Å². The maximum Gasteiger partial charge on any atom is 0.225 e. The number of amides is 1. The molecule has 1 amide bonds. The third-order valence-corrected chi connectivity index (χ3v) is 5.17. The van der Waals surface area contributed by atoms with Crippen LogP contribution in [-0.4, -0.2) is 16.9 Å². The molecular weight excluding hydrogens is 454 g/mol. The Labute approximate surface area is 195 Å². The lowest BCUT2D eigenvalue weighted by Gasteiger charge is -2.13. The second kappa shape index (κ2) is 10.1. The number of carbonyl (C=O) groups excluding carboxylic acids is 2. The fourth-order valence-electron chi connectivity index (χ4n) is 3.09. The zero-order chi connectivity index (χ0) is 23.4. The van der Waals surface area contributed by atoms with Crippen LogP contribution in [0.3, 0.4) is 0 Å². The van der Waals surface area contributed by atoms with Crippen molar-refractivity contribution in [3.8, 4) is 0 Å². The summed E-state index contributed by atoms with van der Waals surface area (Å²) < 4.78 is 27.0. The Hall–Kier alpha value is -2.90. The Morgan fingerprint density at radius 2 is 1.72 bits per heavy atom. The predicted molar refractivity (Wildman–Crippen MR) is 127 cm³/mol. The fraction of sp³-hybridized carbons (Fsp3) is 0.167. The lowest BCUT2D eigenvalue weighted by Crippen LogP contribution is -2.15. The predicted octanol–water partition coefficient (Wildman–Crippen LogP) is 6.55. The highest BCUT2D eigenvalue weighted by molar-refractivity contribution is 7.80. The van der Waals surface area contributed by atoms with Crippen LogP contribution in [0.1, 0.15) is 34.8 Å². The molecule has 0 saturated carbocycles. The van der Waals surface area contributed by atoms with Crippen molar-refractivity contribution in [1.82, 2.24) is 0 Å². The van der Waals surface area contributed by atoms with Gasteiger partial charge in [0.25, 0.3) is 0 Å². The molecular formula is C24H21ClF2N2O2S. The number of ketones is 1. The molecule has 0 aliphatic heterocycles. The van der Waals surface area contributed by atoms with Gasteiger partial charge in [-0.25, -0.2) is 8.78 Å². The van der Waals surface area contributed by atoms with Crippen molar-refractivity contribution < 1.29 is 18.4 Å². The van der Waals surface area contributed by atoms with Crippen LogP contribution in [0, 0.1) is 18.6 Å². The summed E-state index contributed by atoms with van der Waals surface area (Å²) in [4.78, 5) is 25.2. The second-order valence-electron chi connectivity index (χ2n) is 7.40. The molecule has 0 heterocycles. The Morgan fingerprint density at radius 1 is 1.00 bits per heavy atom. The van der Waals surface area contributed by atoms with Gasteiger partial charge in [-0.3, -0.25) is 9.59 Å². The van der Waals surface area contributed by atoms with Crippen molar-refractivity contribution >= 4 is 53.0 Å². The molecule has 0 aromatic heterocycles. The lowest BCUT2D eigenvalue weighted by molar-refractivity contribution is -0.116. The Kier molecular flexibility index (Phi) is 7.53. The number of aryl methyl sites for hydroxylation is 1. The maximum atomic E-state index is 13.9. The van der Waals surface area contributed by atoms with E-state index in [0.717, 1.165) is 17.7 Å². The zero-order valence-electron chi connectivity index (χ0n) is 17.4. The van der Waals surface area contributed by atoms with Crippen LogP contribution in [0.5, 0.6) is 0 Å². The van der Waals surface area contributed by atoms with Crippen molar-refractivity contribution in [3.05, 3.63) is 87.9 Å². The van der Waals surface area contributed by atoms with Crippen LogP contribution >= 0.6 is 24.2 Å². The lowest BCUT2D eigenvalue weighted by atomic mass is 9.98. The largest absolute Gasteiger partial charge is 0.353 e. The summed E-state index contributed by atoms with van der Waals surface area (Å²) >= 11 is 10.6. The van der Waals surface area contributed by atoms with Crippen molar-refractivity contribution in [3.63, 3.8) is 0 Å². The molecule has 0 aliphatic carbocycles. The van der Waals surface area contributed by atoms with Crippen molar-refractivity contribution in [2.75, 3.05) is 10.6 Å². The van der Waals surface area contributed by atoms with Gasteiger partial charge < -0.3 is 10.6 Å². The van der Waals surface area contributed by atoms with E-state index in [1.807, 2.05) is 6.92 Å². The van der Waals surface area contributed by atoms with E-state index in [1.165, 1.54) is 18.2 Å². The molecule has 0 spiro atoms. The van der Waals surface area contributed by atoms with Gasteiger partial charge >= 0.3 is 0 Å². The minimum Gasteiger partial charge on any atom is -0.353 e. The molecule has 3 aromatic rings. The minimum atomic E-state index is -0.747. The zero-order valence-corrected chi connectivity index (χ0v) is 19.0. The van der Waals surface area contributed by atoms with Gasteiger partial charge in [-0.1, -0.05) is 24.6 Å². The molecule has 0 saturated heterocycles. The van der Waals surface area contributed by atoms with Gasteiger partial charge in [0.1, 0.15) is 11.6 Å². The minimum absolute atomic E-state index is 0.0800. The normalized spacial score (nSPS) is 11.7. The smallest absolute Gasteiger partial charge is 0.225 e. The first-order chi connectivity index (χ1) is 15.1. The first-order valence-corrected chi connectivity index (χ1v) is 10.7. The van der Waals surface area contributed by atoms with Crippen LogP contribution in [0.4, 0.5) is 25.8 Å². The van der Waals surface area contributed by atoms with Crippen molar-refractivity contribution in [2.45, 2.75) is 25.5 Å². The van der Waals surface area contributed by atoms with Crippen LogP contribution in [-0.2, 0) is 4.79 Å². The molecule has 0 bridgehead atoms. The first-order valence-electron chi connectivity index (χ1n) is 9.79. The molecule has 1 atom stereocenters. The SMILES string of the molecule is Cc1ccc(NC(=O)CC(C)S)cc1C(=O)c1ccc(Nc2ccc(F)cc2F)cc1Cl. The Bertz CT molecular complexity index is 1180. The number of nitrogens with one attached hydrogen (secondary N) is 2. The summed E-state index contributed by atoms with van der Waals surface area (Å²) in [7, 11) is 0. The molecule has 1 unspecified atom stereocenters. The van der Waals surface area contributed by atoms with Gasteiger partial charge in [0, 0.05) is 40.2 Å². The number of thiol groups is 1. The average molecular weight is 475 g/mol.